The molecule has 6 heteroatoms. The standard InChI is InChI=1S/C21H23FN2O3/c1-14(2)27-19-10-6-3-7-15(19)12-23-21(26)16-11-20(25)24(13-16)18-9-5-4-8-17(18)22/h3-10,14,16H,11-13H2,1-2H3,(H,23,26)/t16-/m0/s1. The van der Waals surface area contributed by atoms with Crippen molar-refractivity contribution >= 4 is 17.5 Å². The number of rotatable bonds is 6. The largest absolute Gasteiger partial charge is 0.491 e. The van der Waals surface area contributed by atoms with Gasteiger partial charge in [-0.3, -0.25) is 9.59 Å². The maximum Gasteiger partial charge on any atom is 0.227 e. The third-order valence-electron chi connectivity index (χ3n) is 4.43. The first-order valence-electron chi connectivity index (χ1n) is 9.03. The summed E-state index contributed by atoms with van der Waals surface area (Å²) in [4.78, 5) is 26.1. The summed E-state index contributed by atoms with van der Waals surface area (Å²) in [5.41, 5.74) is 1.09. The molecule has 1 aliphatic heterocycles. The summed E-state index contributed by atoms with van der Waals surface area (Å²) < 4.78 is 19.7. The lowest BCUT2D eigenvalue weighted by molar-refractivity contribution is -0.126. The van der Waals surface area contributed by atoms with Crippen molar-refractivity contribution in [2.24, 2.45) is 5.92 Å². The van der Waals surface area contributed by atoms with Crippen molar-refractivity contribution in [2.45, 2.75) is 32.9 Å². The minimum Gasteiger partial charge on any atom is -0.491 e. The summed E-state index contributed by atoms with van der Waals surface area (Å²) in [5, 5.41) is 2.87. The molecule has 1 heterocycles. The molecule has 3 rings (SSSR count). The molecule has 0 radical (unpaired) electrons. The molecule has 0 bridgehead atoms. The van der Waals surface area contributed by atoms with Crippen LogP contribution in [0.1, 0.15) is 25.8 Å². The molecule has 0 unspecified atom stereocenters. The molecule has 0 saturated carbocycles. The first kappa shape index (κ1) is 18.9. The number of anilines is 1. The van der Waals surface area contributed by atoms with Gasteiger partial charge in [0.15, 0.2) is 0 Å². The molecule has 0 aromatic heterocycles. The summed E-state index contributed by atoms with van der Waals surface area (Å²) in [6.07, 6.45) is 0.105. The number of nitrogens with zero attached hydrogens (tertiary/aromatic N) is 1. The van der Waals surface area contributed by atoms with Crippen molar-refractivity contribution in [1.82, 2.24) is 5.32 Å². The fourth-order valence-electron chi connectivity index (χ4n) is 3.13. The summed E-state index contributed by atoms with van der Waals surface area (Å²) in [6, 6.07) is 13.6. The minimum atomic E-state index is -0.504. The molecule has 2 amide bonds. The van der Waals surface area contributed by atoms with Crippen molar-refractivity contribution in [3.63, 3.8) is 0 Å². The van der Waals surface area contributed by atoms with Crippen LogP contribution in [0.5, 0.6) is 5.75 Å². The first-order chi connectivity index (χ1) is 13.0. The number of carbonyl (C=O) groups excluding carboxylic acids is 2. The van der Waals surface area contributed by atoms with E-state index in [0.717, 1.165) is 11.3 Å². The highest BCUT2D eigenvalue weighted by Gasteiger charge is 2.36. The van der Waals surface area contributed by atoms with Gasteiger partial charge >= 0.3 is 0 Å². The molecule has 0 spiro atoms. The van der Waals surface area contributed by atoms with Crippen molar-refractivity contribution in [2.75, 3.05) is 11.4 Å². The van der Waals surface area contributed by atoms with Gasteiger partial charge in [-0.1, -0.05) is 30.3 Å². The van der Waals surface area contributed by atoms with Crippen molar-refractivity contribution in [3.8, 4) is 5.75 Å². The highest BCUT2D eigenvalue weighted by molar-refractivity contribution is 6.00. The van der Waals surface area contributed by atoms with Gasteiger partial charge in [0.2, 0.25) is 11.8 Å². The van der Waals surface area contributed by atoms with Gasteiger partial charge in [-0.15, -0.1) is 0 Å². The molecule has 142 valence electrons. The predicted octanol–water partition coefficient (Wildman–Crippen LogP) is 3.28. The van der Waals surface area contributed by atoms with E-state index in [1.807, 2.05) is 38.1 Å². The SMILES string of the molecule is CC(C)Oc1ccccc1CNC(=O)[C@H]1CC(=O)N(c2ccccc2F)C1. The average molecular weight is 370 g/mol. The minimum absolute atomic E-state index is 0.0311. The predicted molar refractivity (Wildman–Crippen MR) is 101 cm³/mol. The maximum atomic E-state index is 14.0. The van der Waals surface area contributed by atoms with Crippen LogP contribution in [-0.2, 0) is 16.1 Å². The molecule has 0 aliphatic carbocycles. The van der Waals surface area contributed by atoms with Gasteiger partial charge in [-0.2, -0.15) is 0 Å². The second-order valence-corrected chi connectivity index (χ2v) is 6.85. The quantitative estimate of drug-likeness (QED) is 0.849. The van der Waals surface area contributed by atoms with Crippen LogP contribution in [0.4, 0.5) is 10.1 Å². The monoisotopic (exact) mass is 370 g/mol. The Morgan fingerprint density at radius 1 is 1.22 bits per heavy atom. The Balaban J connectivity index is 1.63. The second kappa shape index (κ2) is 8.20. The van der Waals surface area contributed by atoms with Gasteiger partial charge in [0.1, 0.15) is 11.6 Å². The van der Waals surface area contributed by atoms with E-state index in [9.17, 15) is 14.0 Å². The van der Waals surface area contributed by atoms with Gasteiger partial charge in [-0.25, -0.2) is 4.39 Å². The van der Waals surface area contributed by atoms with Crippen LogP contribution in [-0.4, -0.2) is 24.5 Å². The zero-order valence-corrected chi connectivity index (χ0v) is 15.4. The summed E-state index contributed by atoms with van der Waals surface area (Å²) in [6.45, 7) is 4.37. The summed E-state index contributed by atoms with van der Waals surface area (Å²) in [5.74, 6) is -0.712. The molecule has 2 aromatic rings. The smallest absolute Gasteiger partial charge is 0.227 e. The molecule has 1 fully saturated rings. The molecule has 1 aliphatic rings. The Morgan fingerprint density at radius 2 is 1.93 bits per heavy atom. The molecule has 1 N–H and O–H groups in total. The number of para-hydroxylation sites is 2. The Morgan fingerprint density at radius 3 is 2.67 bits per heavy atom. The lowest BCUT2D eigenvalue weighted by atomic mass is 10.1. The Labute approximate surface area is 158 Å². The zero-order valence-electron chi connectivity index (χ0n) is 15.4. The van der Waals surface area contributed by atoms with Crippen LogP contribution in [0.2, 0.25) is 0 Å². The zero-order chi connectivity index (χ0) is 19.4. The van der Waals surface area contributed by atoms with E-state index in [1.54, 1.807) is 18.2 Å². The summed E-state index contributed by atoms with van der Waals surface area (Å²) >= 11 is 0. The topological polar surface area (TPSA) is 58.6 Å². The van der Waals surface area contributed by atoms with Crippen LogP contribution in [0.15, 0.2) is 48.5 Å². The number of amides is 2. The van der Waals surface area contributed by atoms with Crippen LogP contribution in [0, 0.1) is 11.7 Å². The van der Waals surface area contributed by atoms with Crippen molar-refractivity contribution < 1.29 is 18.7 Å². The lowest BCUT2D eigenvalue weighted by Crippen LogP contribution is -2.33. The molecular formula is C21H23FN2O3. The van der Waals surface area contributed by atoms with E-state index in [1.165, 1.54) is 11.0 Å². The van der Waals surface area contributed by atoms with Gasteiger partial charge < -0.3 is 15.0 Å². The van der Waals surface area contributed by atoms with Gasteiger partial charge in [0.25, 0.3) is 0 Å². The average Bonchev–Trinajstić information content (AvgIpc) is 3.02. The van der Waals surface area contributed by atoms with Crippen LogP contribution >= 0.6 is 0 Å². The van der Waals surface area contributed by atoms with E-state index >= 15 is 0 Å². The normalized spacial score (nSPS) is 16.7. The van der Waals surface area contributed by atoms with Gasteiger partial charge in [0.05, 0.1) is 17.7 Å². The number of benzene rings is 2. The molecular weight excluding hydrogens is 347 g/mol. The number of hydrogen-bond donors (Lipinski definition) is 1. The van der Waals surface area contributed by atoms with E-state index in [-0.39, 0.29) is 36.6 Å². The number of halogens is 1. The van der Waals surface area contributed by atoms with Crippen molar-refractivity contribution in [3.05, 3.63) is 59.9 Å². The Hall–Kier alpha value is -2.89. The third kappa shape index (κ3) is 4.45. The number of hydrogen-bond acceptors (Lipinski definition) is 3. The van der Waals surface area contributed by atoms with Crippen LogP contribution in [0.25, 0.3) is 0 Å². The van der Waals surface area contributed by atoms with Crippen LogP contribution in [0.3, 0.4) is 0 Å². The summed E-state index contributed by atoms with van der Waals surface area (Å²) in [7, 11) is 0. The van der Waals surface area contributed by atoms with Gasteiger partial charge in [0, 0.05) is 25.1 Å². The first-order valence-corrected chi connectivity index (χ1v) is 9.03. The number of ether oxygens (including phenoxy) is 1. The maximum absolute atomic E-state index is 14.0. The fraction of sp³-hybridized carbons (Fsp3) is 0.333. The number of carbonyl (C=O) groups is 2. The van der Waals surface area contributed by atoms with Gasteiger partial charge in [-0.05, 0) is 32.0 Å². The van der Waals surface area contributed by atoms with E-state index in [4.69, 9.17) is 4.74 Å². The molecule has 27 heavy (non-hydrogen) atoms. The second-order valence-electron chi connectivity index (χ2n) is 6.85. The van der Waals surface area contributed by atoms with Crippen molar-refractivity contribution in [1.29, 1.82) is 0 Å². The molecule has 1 saturated heterocycles. The highest BCUT2D eigenvalue weighted by Crippen LogP contribution is 2.27. The number of nitrogens with one attached hydrogen (secondary N) is 1. The molecule has 5 nitrogen and oxygen atoms in total. The Kier molecular flexibility index (Phi) is 5.74. The molecule has 2 aromatic carbocycles. The van der Waals surface area contributed by atoms with Crippen LogP contribution < -0.4 is 15.0 Å². The van der Waals surface area contributed by atoms with E-state index in [0.29, 0.717) is 6.54 Å². The Bertz CT molecular complexity index is 838. The lowest BCUT2D eigenvalue weighted by Gasteiger charge is -2.18. The third-order valence-corrected chi connectivity index (χ3v) is 4.43. The molecule has 1 atom stereocenters. The fourth-order valence-corrected chi connectivity index (χ4v) is 3.13. The van der Waals surface area contributed by atoms with E-state index < -0.39 is 11.7 Å². The van der Waals surface area contributed by atoms with E-state index in [2.05, 4.69) is 5.32 Å². The highest BCUT2D eigenvalue weighted by atomic mass is 19.1.